The van der Waals surface area contributed by atoms with Crippen molar-refractivity contribution in [3.8, 4) is 28.5 Å². The number of rotatable bonds is 3. The Morgan fingerprint density at radius 2 is 0.935 bits per heavy atom. The van der Waals surface area contributed by atoms with Gasteiger partial charge in [0.15, 0.2) is 5.82 Å². The smallest absolute Gasteiger partial charge is 0.162 e. The SMILES string of the molecule is c1ccc(-c2cc(-n3c4cc5ccccc5cc4c4cc5c(cc43)oc3cc4ccccc4cc35)nc(-c3ccccc3)n2)cc1. The zero-order chi connectivity index (χ0) is 30.2. The van der Waals surface area contributed by atoms with E-state index in [1.165, 1.54) is 26.9 Å². The van der Waals surface area contributed by atoms with Crippen molar-refractivity contribution in [1.82, 2.24) is 14.5 Å². The Bertz CT molecular complexity index is 2740. The van der Waals surface area contributed by atoms with Crippen molar-refractivity contribution in [1.29, 1.82) is 0 Å². The maximum absolute atomic E-state index is 6.57. The Kier molecular flexibility index (Phi) is 5.25. The summed E-state index contributed by atoms with van der Waals surface area (Å²) in [4.78, 5) is 10.3. The van der Waals surface area contributed by atoms with E-state index in [0.29, 0.717) is 5.82 Å². The minimum Gasteiger partial charge on any atom is -0.456 e. The van der Waals surface area contributed by atoms with E-state index in [1.807, 2.05) is 36.4 Å². The van der Waals surface area contributed by atoms with Crippen molar-refractivity contribution in [2.45, 2.75) is 0 Å². The second-order valence-electron chi connectivity index (χ2n) is 11.9. The standard InChI is InChI=1S/C42H25N3O/c1-3-11-26(12-4-1)36-24-41(44-42(43-36)27-13-5-2-6-14-27)45-37-21-30-17-9-7-15-28(30)19-32(37)33-23-35-34-20-29-16-8-10-18-31(29)22-39(34)46-40(35)25-38(33)45/h1-25H. The lowest BCUT2D eigenvalue weighted by Gasteiger charge is -2.12. The van der Waals surface area contributed by atoms with Gasteiger partial charge in [0.25, 0.3) is 0 Å². The topological polar surface area (TPSA) is 43.9 Å². The summed E-state index contributed by atoms with van der Waals surface area (Å²) in [5.74, 6) is 1.49. The number of aromatic nitrogens is 3. The molecule has 0 saturated heterocycles. The van der Waals surface area contributed by atoms with Crippen LogP contribution in [0, 0.1) is 0 Å². The number of hydrogen-bond acceptors (Lipinski definition) is 3. The summed E-state index contributed by atoms with van der Waals surface area (Å²) < 4.78 is 8.85. The van der Waals surface area contributed by atoms with Gasteiger partial charge < -0.3 is 4.42 Å². The first kappa shape index (κ1) is 25.1. The molecule has 46 heavy (non-hydrogen) atoms. The summed E-state index contributed by atoms with van der Waals surface area (Å²) in [6, 6.07) is 53.1. The molecule has 0 unspecified atom stereocenters. The summed E-state index contributed by atoms with van der Waals surface area (Å²) >= 11 is 0. The van der Waals surface area contributed by atoms with Gasteiger partial charge in [0.05, 0.1) is 16.7 Å². The molecule has 0 fully saturated rings. The first-order chi connectivity index (χ1) is 22.8. The second kappa shape index (κ2) is 9.62. The average Bonchev–Trinajstić information content (AvgIpc) is 3.62. The Hall–Kier alpha value is -6.26. The van der Waals surface area contributed by atoms with Crippen molar-refractivity contribution in [2.75, 3.05) is 0 Å². The van der Waals surface area contributed by atoms with Crippen molar-refractivity contribution in [3.05, 3.63) is 152 Å². The van der Waals surface area contributed by atoms with Crippen LogP contribution in [0.3, 0.4) is 0 Å². The van der Waals surface area contributed by atoms with Crippen LogP contribution in [-0.2, 0) is 0 Å². The van der Waals surface area contributed by atoms with Crippen molar-refractivity contribution < 1.29 is 4.42 Å². The molecular weight excluding hydrogens is 562 g/mol. The van der Waals surface area contributed by atoms with Gasteiger partial charge in [-0.3, -0.25) is 4.57 Å². The van der Waals surface area contributed by atoms with Crippen LogP contribution >= 0.6 is 0 Å². The van der Waals surface area contributed by atoms with Gasteiger partial charge in [0, 0.05) is 44.8 Å². The van der Waals surface area contributed by atoms with Crippen LogP contribution in [0.1, 0.15) is 0 Å². The van der Waals surface area contributed by atoms with Gasteiger partial charge in [-0.15, -0.1) is 0 Å². The van der Waals surface area contributed by atoms with Gasteiger partial charge >= 0.3 is 0 Å². The highest BCUT2D eigenvalue weighted by molar-refractivity contribution is 6.20. The van der Waals surface area contributed by atoms with Gasteiger partial charge in [-0.2, -0.15) is 0 Å². The molecule has 0 bridgehead atoms. The van der Waals surface area contributed by atoms with Crippen LogP contribution in [-0.4, -0.2) is 14.5 Å². The van der Waals surface area contributed by atoms with E-state index in [9.17, 15) is 0 Å². The third-order valence-corrected chi connectivity index (χ3v) is 9.14. The van der Waals surface area contributed by atoms with Gasteiger partial charge in [0.2, 0.25) is 0 Å². The molecule has 3 heterocycles. The summed E-state index contributed by atoms with van der Waals surface area (Å²) in [6.45, 7) is 0. The highest BCUT2D eigenvalue weighted by Crippen LogP contribution is 2.41. The van der Waals surface area contributed by atoms with Gasteiger partial charge in [-0.1, -0.05) is 109 Å². The lowest BCUT2D eigenvalue weighted by atomic mass is 10.0. The second-order valence-corrected chi connectivity index (χ2v) is 11.9. The van der Waals surface area contributed by atoms with Crippen LogP contribution in [0.4, 0.5) is 0 Å². The lowest BCUT2D eigenvalue weighted by Crippen LogP contribution is -2.02. The third-order valence-electron chi connectivity index (χ3n) is 9.14. The third kappa shape index (κ3) is 3.80. The van der Waals surface area contributed by atoms with Crippen LogP contribution in [0.5, 0.6) is 0 Å². The van der Waals surface area contributed by atoms with Crippen LogP contribution in [0.25, 0.3) is 93.8 Å². The van der Waals surface area contributed by atoms with Gasteiger partial charge in [-0.05, 0) is 51.9 Å². The monoisotopic (exact) mass is 587 g/mol. The largest absolute Gasteiger partial charge is 0.456 e. The Morgan fingerprint density at radius 1 is 0.413 bits per heavy atom. The molecule has 4 heteroatoms. The molecule has 4 nitrogen and oxygen atoms in total. The predicted molar refractivity (Wildman–Crippen MR) is 190 cm³/mol. The molecule has 0 spiro atoms. The number of hydrogen-bond donors (Lipinski definition) is 0. The van der Waals surface area contributed by atoms with Crippen molar-refractivity contribution in [3.63, 3.8) is 0 Å². The number of benzene rings is 7. The molecule has 0 amide bonds. The summed E-state index contributed by atoms with van der Waals surface area (Å²) in [5.41, 5.74) is 6.76. The fraction of sp³-hybridized carbons (Fsp3) is 0. The lowest BCUT2D eigenvalue weighted by molar-refractivity contribution is 0.670. The average molecular weight is 588 g/mol. The Morgan fingerprint density at radius 3 is 1.65 bits per heavy atom. The van der Waals surface area contributed by atoms with Crippen LogP contribution in [0.2, 0.25) is 0 Å². The molecule has 10 rings (SSSR count). The molecule has 214 valence electrons. The van der Waals surface area contributed by atoms with E-state index in [0.717, 1.165) is 61.0 Å². The van der Waals surface area contributed by atoms with Crippen molar-refractivity contribution in [2.24, 2.45) is 0 Å². The first-order valence-electron chi connectivity index (χ1n) is 15.5. The van der Waals surface area contributed by atoms with E-state index in [2.05, 4.69) is 120 Å². The summed E-state index contributed by atoms with van der Waals surface area (Å²) in [5, 5.41) is 9.32. The van der Waals surface area contributed by atoms with Crippen molar-refractivity contribution >= 4 is 65.3 Å². The minimum absolute atomic E-state index is 0.684. The maximum Gasteiger partial charge on any atom is 0.162 e. The molecule has 0 aliphatic carbocycles. The van der Waals surface area contributed by atoms with E-state index in [1.54, 1.807) is 0 Å². The first-order valence-corrected chi connectivity index (χ1v) is 15.5. The highest BCUT2D eigenvalue weighted by Gasteiger charge is 2.20. The fourth-order valence-corrected chi connectivity index (χ4v) is 6.93. The molecule has 3 aromatic heterocycles. The molecule has 0 N–H and O–H groups in total. The van der Waals surface area contributed by atoms with Crippen LogP contribution in [0.15, 0.2) is 156 Å². The number of furan rings is 1. The molecule has 10 aromatic rings. The molecule has 0 radical (unpaired) electrons. The molecule has 0 aliphatic heterocycles. The fourth-order valence-electron chi connectivity index (χ4n) is 6.93. The zero-order valence-corrected chi connectivity index (χ0v) is 24.7. The van der Waals surface area contributed by atoms with E-state index < -0.39 is 0 Å². The molecular formula is C42H25N3O. The molecule has 0 atom stereocenters. The van der Waals surface area contributed by atoms with Crippen LogP contribution < -0.4 is 0 Å². The predicted octanol–water partition coefficient (Wildman–Crippen LogP) is 11.1. The van der Waals surface area contributed by atoms with E-state index >= 15 is 0 Å². The quantitative estimate of drug-likeness (QED) is 0.207. The summed E-state index contributed by atoms with van der Waals surface area (Å²) in [6.07, 6.45) is 0. The van der Waals surface area contributed by atoms with Gasteiger partial charge in [-0.25, -0.2) is 9.97 Å². The minimum atomic E-state index is 0.684. The summed E-state index contributed by atoms with van der Waals surface area (Å²) in [7, 11) is 0. The highest BCUT2D eigenvalue weighted by atomic mass is 16.3. The Balaban J connectivity index is 1.34. The van der Waals surface area contributed by atoms with E-state index in [4.69, 9.17) is 14.4 Å². The zero-order valence-electron chi connectivity index (χ0n) is 24.7. The Labute approximate surface area is 263 Å². The molecule has 0 saturated carbocycles. The maximum atomic E-state index is 6.57. The molecule has 0 aliphatic rings. The van der Waals surface area contributed by atoms with E-state index in [-0.39, 0.29) is 0 Å². The van der Waals surface area contributed by atoms with Gasteiger partial charge in [0.1, 0.15) is 17.0 Å². The molecule has 7 aromatic carbocycles. The normalized spacial score (nSPS) is 11.9. The number of nitrogens with zero attached hydrogens (tertiary/aromatic N) is 3. The number of fused-ring (bicyclic) bond motifs is 8.